The van der Waals surface area contributed by atoms with Crippen LogP contribution in [0.15, 0.2) is 59.8 Å². The van der Waals surface area contributed by atoms with Gasteiger partial charge in [0.15, 0.2) is 9.84 Å². The normalized spacial score (nSPS) is 12.5. The second kappa shape index (κ2) is 7.39. The summed E-state index contributed by atoms with van der Waals surface area (Å²) in [6, 6.07) is 8.72. The number of nitrogens with one attached hydrogen (secondary N) is 1. The minimum Gasteiger partial charge on any atom is -0.366 e. The number of anilines is 1. The van der Waals surface area contributed by atoms with Crippen LogP contribution >= 0.6 is 0 Å². The van der Waals surface area contributed by atoms with E-state index in [9.17, 15) is 22.9 Å². The Morgan fingerprint density at radius 3 is 2.57 bits per heavy atom. The summed E-state index contributed by atoms with van der Waals surface area (Å²) in [7, 11) is -1.86. The molecule has 3 rings (SSSR count). The van der Waals surface area contributed by atoms with E-state index in [2.05, 4.69) is 10.3 Å². The van der Waals surface area contributed by atoms with Gasteiger partial charge in [0.25, 0.3) is 5.69 Å². The van der Waals surface area contributed by atoms with Crippen LogP contribution in [0.1, 0.15) is 17.4 Å². The summed E-state index contributed by atoms with van der Waals surface area (Å²) < 4.78 is 38.9. The van der Waals surface area contributed by atoms with E-state index in [-0.39, 0.29) is 10.6 Å². The zero-order valence-corrected chi connectivity index (χ0v) is 15.9. The predicted molar refractivity (Wildman–Crippen MR) is 101 cm³/mol. The average Bonchev–Trinajstić information content (AvgIpc) is 3.04. The molecule has 0 aliphatic rings. The Bertz CT molecular complexity index is 1140. The molecule has 0 bridgehead atoms. The number of hydrogen-bond donors (Lipinski definition) is 1. The van der Waals surface area contributed by atoms with Crippen molar-refractivity contribution >= 4 is 21.2 Å². The highest BCUT2D eigenvalue weighted by Crippen LogP contribution is 2.33. The van der Waals surface area contributed by atoms with Crippen LogP contribution in [0, 0.1) is 15.9 Å². The van der Waals surface area contributed by atoms with Gasteiger partial charge < -0.3 is 9.88 Å². The number of aromatic nitrogens is 2. The van der Waals surface area contributed by atoms with E-state index in [4.69, 9.17) is 0 Å². The van der Waals surface area contributed by atoms with E-state index >= 15 is 0 Å². The SMILES string of the molecule is Cn1ccnc1[C@@H](Nc1ccc(S(C)(=O)=O)cc1[N+](=O)[O-])c1cccc(F)c1. The number of halogens is 1. The smallest absolute Gasteiger partial charge is 0.293 e. The minimum atomic E-state index is -3.61. The Labute approximate surface area is 160 Å². The molecule has 2 aromatic carbocycles. The second-order valence-electron chi connectivity index (χ2n) is 6.24. The molecule has 1 heterocycles. The van der Waals surface area contributed by atoms with Crippen LogP contribution in [0.2, 0.25) is 0 Å². The molecule has 0 unspecified atom stereocenters. The lowest BCUT2D eigenvalue weighted by Gasteiger charge is -2.20. The van der Waals surface area contributed by atoms with Crippen molar-refractivity contribution in [3.63, 3.8) is 0 Å². The number of benzene rings is 2. The van der Waals surface area contributed by atoms with Crippen molar-refractivity contribution in [3.8, 4) is 0 Å². The van der Waals surface area contributed by atoms with Gasteiger partial charge in [0.2, 0.25) is 0 Å². The number of nitro benzene ring substituents is 1. The van der Waals surface area contributed by atoms with E-state index in [1.807, 2.05) is 0 Å². The molecule has 1 N–H and O–H groups in total. The highest BCUT2D eigenvalue weighted by molar-refractivity contribution is 7.90. The quantitative estimate of drug-likeness (QED) is 0.500. The van der Waals surface area contributed by atoms with E-state index < -0.39 is 32.3 Å². The summed E-state index contributed by atoms with van der Waals surface area (Å²) in [4.78, 5) is 14.9. The fourth-order valence-electron chi connectivity index (χ4n) is 2.81. The molecular weight excluding hydrogens is 387 g/mol. The van der Waals surface area contributed by atoms with Gasteiger partial charge >= 0.3 is 0 Å². The number of nitro groups is 1. The molecule has 0 saturated heterocycles. The van der Waals surface area contributed by atoms with E-state index in [1.54, 1.807) is 30.1 Å². The maximum atomic E-state index is 13.8. The first-order chi connectivity index (χ1) is 13.2. The molecule has 0 saturated carbocycles. The first-order valence-corrected chi connectivity index (χ1v) is 10.0. The standard InChI is InChI=1S/C18H17FN4O4S/c1-22-9-8-20-18(22)17(12-4-3-5-13(19)10-12)21-15-7-6-14(28(2,26)27)11-16(15)23(24)25/h3-11,17,21H,1-2H3/t17-/m0/s1. The zero-order valence-electron chi connectivity index (χ0n) is 15.0. The van der Waals surface area contributed by atoms with Gasteiger partial charge in [-0.2, -0.15) is 0 Å². The maximum Gasteiger partial charge on any atom is 0.293 e. The molecular formula is C18H17FN4O4S. The topological polar surface area (TPSA) is 107 Å². The van der Waals surface area contributed by atoms with E-state index in [0.29, 0.717) is 11.4 Å². The van der Waals surface area contributed by atoms with Gasteiger partial charge in [0.05, 0.1) is 9.82 Å². The molecule has 0 radical (unpaired) electrons. The Morgan fingerprint density at radius 1 is 1.25 bits per heavy atom. The van der Waals surface area contributed by atoms with E-state index in [0.717, 1.165) is 12.3 Å². The highest BCUT2D eigenvalue weighted by atomic mass is 32.2. The number of imidazole rings is 1. The molecule has 0 amide bonds. The van der Waals surface area contributed by atoms with Crippen LogP contribution in [-0.4, -0.2) is 29.1 Å². The fourth-order valence-corrected chi connectivity index (χ4v) is 3.45. The third-order valence-corrected chi connectivity index (χ3v) is 5.30. The van der Waals surface area contributed by atoms with Crippen molar-refractivity contribution in [1.29, 1.82) is 0 Å². The Balaban J connectivity index is 2.11. The highest BCUT2D eigenvalue weighted by Gasteiger charge is 2.24. The van der Waals surface area contributed by atoms with Gasteiger partial charge in [-0.1, -0.05) is 12.1 Å². The first-order valence-electron chi connectivity index (χ1n) is 8.14. The monoisotopic (exact) mass is 404 g/mol. The molecule has 146 valence electrons. The molecule has 1 aromatic heterocycles. The first kappa shape index (κ1) is 19.5. The van der Waals surface area contributed by atoms with Crippen LogP contribution in [0.25, 0.3) is 0 Å². The summed E-state index contributed by atoms with van der Waals surface area (Å²) in [5, 5.41) is 14.5. The summed E-state index contributed by atoms with van der Waals surface area (Å²) in [6.45, 7) is 0. The molecule has 28 heavy (non-hydrogen) atoms. The summed E-state index contributed by atoms with van der Waals surface area (Å²) in [5.41, 5.74) is 0.198. The van der Waals surface area contributed by atoms with Gasteiger partial charge in [-0.05, 0) is 29.8 Å². The van der Waals surface area contributed by atoms with Crippen LogP contribution in [0.5, 0.6) is 0 Å². The van der Waals surface area contributed by atoms with Crippen molar-refractivity contribution in [3.05, 3.63) is 82.2 Å². The molecule has 0 fully saturated rings. The molecule has 10 heteroatoms. The number of rotatable bonds is 6. The van der Waals surface area contributed by atoms with Crippen molar-refractivity contribution < 1.29 is 17.7 Å². The number of sulfone groups is 1. The molecule has 8 nitrogen and oxygen atoms in total. The molecule has 3 aromatic rings. The lowest BCUT2D eigenvalue weighted by molar-refractivity contribution is -0.384. The van der Waals surface area contributed by atoms with Crippen LogP contribution in [0.3, 0.4) is 0 Å². The zero-order chi connectivity index (χ0) is 20.5. The van der Waals surface area contributed by atoms with Gasteiger partial charge in [-0.25, -0.2) is 17.8 Å². The maximum absolute atomic E-state index is 13.8. The minimum absolute atomic E-state index is 0.0923. The Hall–Kier alpha value is -3.27. The average molecular weight is 404 g/mol. The lowest BCUT2D eigenvalue weighted by atomic mass is 10.1. The Kier molecular flexibility index (Phi) is 5.14. The third kappa shape index (κ3) is 4.01. The van der Waals surface area contributed by atoms with Gasteiger partial charge in [0.1, 0.15) is 23.4 Å². The number of nitrogens with zero attached hydrogens (tertiary/aromatic N) is 3. The van der Waals surface area contributed by atoms with Gasteiger partial charge in [-0.3, -0.25) is 10.1 Å². The van der Waals surface area contributed by atoms with Gasteiger partial charge in [-0.15, -0.1) is 0 Å². The lowest BCUT2D eigenvalue weighted by Crippen LogP contribution is -2.18. The van der Waals surface area contributed by atoms with Crippen LogP contribution in [0.4, 0.5) is 15.8 Å². The number of hydrogen-bond acceptors (Lipinski definition) is 6. The van der Waals surface area contributed by atoms with Crippen molar-refractivity contribution in [2.75, 3.05) is 11.6 Å². The largest absolute Gasteiger partial charge is 0.366 e. The summed E-state index contributed by atoms with van der Waals surface area (Å²) in [6.07, 6.45) is 4.23. The van der Waals surface area contributed by atoms with Crippen molar-refractivity contribution in [2.24, 2.45) is 7.05 Å². The van der Waals surface area contributed by atoms with Crippen molar-refractivity contribution in [2.45, 2.75) is 10.9 Å². The van der Waals surface area contributed by atoms with Gasteiger partial charge in [0, 0.05) is 31.8 Å². The number of aryl methyl sites for hydroxylation is 1. The molecule has 1 atom stereocenters. The van der Waals surface area contributed by atoms with Crippen molar-refractivity contribution in [1.82, 2.24) is 9.55 Å². The molecule has 0 aliphatic heterocycles. The third-order valence-electron chi connectivity index (χ3n) is 4.19. The summed E-state index contributed by atoms with van der Waals surface area (Å²) in [5.74, 6) is 0.0486. The molecule has 0 spiro atoms. The van der Waals surface area contributed by atoms with Crippen LogP contribution < -0.4 is 5.32 Å². The van der Waals surface area contributed by atoms with E-state index in [1.165, 1.54) is 30.3 Å². The second-order valence-corrected chi connectivity index (χ2v) is 8.25. The predicted octanol–water partition coefficient (Wildman–Crippen LogP) is 3.07. The fraction of sp³-hybridized carbons (Fsp3) is 0.167. The Morgan fingerprint density at radius 2 is 2.00 bits per heavy atom. The summed E-state index contributed by atoms with van der Waals surface area (Å²) >= 11 is 0. The molecule has 0 aliphatic carbocycles. The van der Waals surface area contributed by atoms with Crippen LogP contribution in [-0.2, 0) is 16.9 Å².